The molecule has 0 aliphatic heterocycles. The molecule has 9 heteroatoms. The summed E-state index contributed by atoms with van der Waals surface area (Å²) in [5.74, 6) is -0.686. The number of hydrogen-bond donors (Lipinski definition) is 1. The number of aryl methyl sites for hydroxylation is 1. The molecule has 34 heavy (non-hydrogen) atoms. The Bertz CT molecular complexity index is 1350. The van der Waals surface area contributed by atoms with Crippen molar-refractivity contribution in [3.8, 4) is 5.69 Å². The van der Waals surface area contributed by atoms with E-state index in [4.69, 9.17) is 4.74 Å². The Labute approximate surface area is 196 Å². The first-order valence-corrected chi connectivity index (χ1v) is 10.9. The number of carbonyl (C=O) groups excluding carboxylic acids is 2. The molecule has 0 spiro atoms. The van der Waals surface area contributed by atoms with Gasteiger partial charge in [-0.15, -0.1) is 0 Å². The van der Waals surface area contributed by atoms with E-state index in [0.29, 0.717) is 28.6 Å². The van der Waals surface area contributed by atoms with Crippen molar-refractivity contribution in [1.29, 1.82) is 0 Å². The van der Waals surface area contributed by atoms with Gasteiger partial charge < -0.3 is 10.1 Å². The number of aromatic nitrogens is 4. The Morgan fingerprint density at radius 1 is 1.09 bits per heavy atom. The van der Waals surface area contributed by atoms with Gasteiger partial charge in [0.05, 0.1) is 29.2 Å². The lowest BCUT2D eigenvalue weighted by Crippen LogP contribution is -2.27. The lowest BCUT2D eigenvalue weighted by Gasteiger charge is -2.19. The molecule has 176 valence electrons. The maximum atomic E-state index is 14.0. The number of nitrogens with zero attached hydrogens (tertiary/aromatic N) is 4. The van der Waals surface area contributed by atoms with Crippen LogP contribution in [0.4, 0.5) is 9.18 Å². The summed E-state index contributed by atoms with van der Waals surface area (Å²) in [7, 11) is 0. The third-order valence-corrected chi connectivity index (χ3v) is 5.15. The minimum atomic E-state index is -0.670. The van der Waals surface area contributed by atoms with Crippen molar-refractivity contribution < 1.29 is 18.7 Å². The van der Waals surface area contributed by atoms with Gasteiger partial charge in [-0.3, -0.25) is 9.36 Å². The van der Waals surface area contributed by atoms with Gasteiger partial charge in [-0.1, -0.05) is 11.6 Å². The van der Waals surface area contributed by atoms with Gasteiger partial charge in [0, 0.05) is 18.1 Å². The fourth-order valence-corrected chi connectivity index (χ4v) is 3.68. The number of benzene rings is 2. The van der Waals surface area contributed by atoms with E-state index in [1.807, 2.05) is 13.0 Å². The molecule has 4 rings (SSSR count). The van der Waals surface area contributed by atoms with E-state index in [2.05, 4.69) is 15.5 Å². The van der Waals surface area contributed by atoms with Crippen molar-refractivity contribution in [1.82, 2.24) is 24.9 Å². The predicted octanol–water partition coefficient (Wildman–Crippen LogP) is 4.43. The molecule has 0 unspecified atom stereocenters. The van der Waals surface area contributed by atoms with E-state index in [1.54, 1.807) is 57.6 Å². The number of fused-ring (bicyclic) bond motifs is 1. The predicted molar refractivity (Wildman–Crippen MR) is 126 cm³/mol. The highest BCUT2D eigenvalue weighted by Crippen LogP contribution is 2.24. The van der Waals surface area contributed by atoms with Crippen LogP contribution in [0, 0.1) is 12.7 Å². The average molecular weight is 464 g/mol. The summed E-state index contributed by atoms with van der Waals surface area (Å²) in [4.78, 5) is 27.1. The minimum Gasteiger partial charge on any atom is -0.443 e. The highest BCUT2D eigenvalue weighted by molar-refractivity contribution is 5.98. The SMILES string of the molecule is Cc1ccc(-n2nccn2)c(C(=O)NCCc2cn(C(=O)OC(C)(C)C)c3ccc(F)cc23)c1. The number of halogens is 1. The highest BCUT2D eigenvalue weighted by Gasteiger charge is 2.21. The Balaban J connectivity index is 1.55. The van der Waals surface area contributed by atoms with Crippen LogP contribution < -0.4 is 5.32 Å². The van der Waals surface area contributed by atoms with Crippen LogP contribution in [0.15, 0.2) is 55.0 Å². The van der Waals surface area contributed by atoms with Crippen LogP contribution in [-0.2, 0) is 11.2 Å². The molecular weight excluding hydrogens is 437 g/mol. The molecule has 0 aliphatic rings. The highest BCUT2D eigenvalue weighted by atomic mass is 19.1. The standard InChI is InChI=1S/C25H26FN5O3/c1-16-5-7-22(31-28-11-12-29-31)20(13-16)23(32)27-10-9-17-15-30(24(33)34-25(2,3)4)21-8-6-18(26)14-19(17)21/h5-8,11-15H,9-10H2,1-4H3,(H,27,32). The first kappa shape index (κ1) is 23.2. The van der Waals surface area contributed by atoms with Gasteiger partial charge in [0.1, 0.15) is 11.4 Å². The van der Waals surface area contributed by atoms with Gasteiger partial charge in [-0.2, -0.15) is 15.0 Å². The summed E-state index contributed by atoms with van der Waals surface area (Å²) in [6.45, 7) is 7.53. The third kappa shape index (κ3) is 4.98. The molecule has 0 radical (unpaired) electrons. The fraction of sp³-hybridized carbons (Fsp3) is 0.280. The summed E-state index contributed by atoms with van der Waals surface area (Å²) >= 11 is 0. The second-order valence-corrected chi connectivity index (χ2v) is 9.01. The number of nitrogens with one attached hydrogen (secondary N) is 1. The van der Waals surface area contributed by atoms with Gasteiger partial charge in [-0.25, -0.2) is 9.18 Å². The van der Waals surface area contributed by atoms with Gasteiger partial charge in [0.25, 0.3) is 5.91 Å². The molecule has 2 aromatic carbocycles. The van der Waals surface area contributed by atoms with E-state index in [-0.39, 0.29) is 12.5 Å². The van der Waals surface area contributed by atoms with Crippen molar-refractivity contribution in [3.63, 3.8) is 0 Å². The van der Waals surface area contributed by atoms with Crippen molar-refractivity contribution in [2.45, 2.75) is 39.7 Å². The topological polar surface area (TPSA) is 91.0 Å². The first-order chi connectivity index (χ1) is 16.1. The van der Waals surface area contributed by atoms with Crippen molar-refractivity contribution in [2.75, 3.05) is 6.54 Å². The largest absolute Gasteiger partial charge is 0.443 e. The van der Waals surface area contributed by atoms with E-state index < -0.39 is 17.5 Å². The Kier molecular flexibility index (Phi) is 6.19. The first-order valence-electron chi connectivity index (χ1n) is 10.9. The van der Waals surface area contributed by atoms with Crippen molar-refractivity contribution >= 4 is 22.9 Å². The van der Waals surface area contributed by atoms with Gasteiger partial charge >= 0.3 is 6.09 Å². The number of hydrogen-bond acceptors (Lipinski definition) is 5. The number of ether oxygens (including phenoxy) is 1. The van der Waals surface area contributed by atoms with E-state index >= 15 is 0 Å². The fourth-order valence-electron chi connectivity index (χ4n) is 3.68. The zero-order chi connectivity index (χ0) is 24.5. The quantitative estimate of drug-likeness (QED) is 0.473. The second-order valence-electron chi connectivity index (χ2n) is 9.01. The van der Waals surface area contributed by atoms with Crippen LogP contribution in [0.1, 0.15) is 42.3 Å². The van der Waals surface area contributed by atoms with Crippen molar-refractivity contribution in [2.24, 2.45) is 0 Å². The van der Waals surface area contributed by atoms with E-state index in [9.17, 15) is 14.0 Å². The summed E-state index contributed by atoms with van der Waals surface area (Å²) < 4.78 is 20.8. The van der Waals surface area contributed by atoms with Crippen LogP contribution >= 0.6 is 0 Å². The number of amides is 1. The summed E-state index contributed by atoms with van der Waals surface area (Å²) in [6, 6.07) is 9.69. The average Bonchev–Trinajstić information content (AvgIpc) is 3.41. The summed E-state index contributed by atoms with van der Waals surface area (Å²) in [5.41, 5.74) is 2.53. The molecule has 2 heterocycles. The molecule has 2 aromatic heterocycles. The Morgan fingerprint density at radius 3 is 2.53 bits per heavy atom. The van der Waals surface area contributed by atoms with Crippen LogP contribution in [-0.4, -0.2) is 43.7 Å². The van der Waals surface area contributed by atoms with Crippen molar-refractivity contribution in [3.05, 3.63) is 77.5 Å². The molecule has 0 atom stereocenters. The molecule has 0 saturated heterocycles. The van der Waals surface area contributed by atoms with E-state index in [1.165, 1.54) is 21.5 Å². The normalized spacial score (nSPS) is 11.6. The van der Waals surface area contributed by atoms with Crippen LogP contribution in [0.3, 0.4) is 0 Å². The zero-order valence-electron chi connectivity index (χ0n) is 19.5. The lowest BCUT2D eigenvalue weighted by molar-refractivity contribution is 0.0544. The summed E-state index contributed by atoms with van der Waals surface area (Å²) in [6.07, 6.45) is 4.57. The molecule has 4 aromatic rings. The minimum absolute atomic E-state index is 0.280. The van der Waals surface area contributed by atoms with E-state index in [0.717, 1.165) is 11.1 Å². The van der Waals surface area contributed by atoms with Crippen LogP contribution in [0.25, 0.3) is 16.6 Å². The van der Waals surface area contributed by atoms with Crippen LogP contribution in [0.5, 0.6) is 0 Å². The maximum Gasteiger partial charge on any atom is 0.419 e. The lowest BCUT2D eigenvalue weighted by atomic mass is 10.1. The van der Waals surface area contributed by atoms with Crippen LogP contribution in [0.2, 0.25) is 0 Å². The molecule has 1 amide bonds. The Hall–Kier alpha value is -4.01. The Morgan fingerprint density at radius 2 is 1.82 bits per heavy atom. The molecule has 0 bridgehead atoms. The smallest absolute Gasteiger partial charge is 0.419 e. The molecule has 1 N–H and O–H groups in total. The molecule has 0 fully saturated rings. The van der Waals surface area contributed by atoms with Gasteiger partial charge in [0.15, 0.2) is 0 Å². The molecule has 8 nitrogen and oxygen atoms in total. The zero-order valence-corrected chi connectivity index (χ0v) is 19.5. The van der Waals surface area contributed by atoms with Gasteiger partial charge in [-0.05, 0) is 70.0 Å². The number of carbonyl (C=O) groups is 2. The maximum absolute atomic E-state index is 14.0. The molecule has 0 saturated carbocycles. The summed E-state index contributed by atoms with van der Waals surface area (Å²) in [5, 5.41) is 11.7. The second kappa shape index (κ2) is 9.09. The van der Waals surface area contributed by atoms with Gasteiger partial charge in [0.2, 0.25) is 0 Å². The number of rotatable bonds is 5. The monoisotopic (exact) mass is 463 g/mol. The third-order valence-electron chi connectivity index (χ3n) is 5.15. The molecular formula is C25H26FN5O3. The molecule has 0 aliphatic carbocycles.